The van der Waals surface area contributed by atoms with Crippen molar-refractivity contribution in [3.8, 4) is 0 Å². The monoisotopic (exact) mass is 225 g/mol. The molecule has 0 aromatic carbocycles. The molecule has 0 aliphatic carbocycles. The molecule has 0 fully saturated rings. The van der Waals surface area contributed by atoms with E-state index in [1.165, 1.54) is 5.56 Å². The Balaban J connectivity index is 2.39. The van der Waals surface area contributed by atoms with Crippen molar-refractivity contribution in [1.82, 2.24) is 15.1 Å². The van der Waals surface area contributed by atoms with Gasteiger partial charge in [-0.1, -0.05) is 6.92 Å². The van der Waals surface area contributed by atoms with Crippen LogP contribution in [0, 0.1) is 0 Å². The van der Waals surface area contributed by atoms with E-state index in [1.807, 2.05) is 24.7 Å². The number of hydrogen-bond acceptors (Lipinski definition) is 3. The van der Waals surface area contributed by atoms with Crippen molar-refractivity contribution in [3.63, 3.8) is 0 Å². The van der Waals surface area contributed by atoms with Crippen LogP contribution in [0.15, 0.2) is 12.4 Å². The van der Waals surface area contributed by atoms with E-state index in [0.29, 0.717) is 12.6 Å². The molecule has 1 atom stereocenters. The maximum absolute atomic E-state index is 5.49. The van der Waals surface area contributed by atoms with Gasteiger partial charge in [0.25, 0.3) is 0 Å². The van der Waals surface area contributed by atoms with Crippen LogP contribution in [0.25, 0.3) is 0 Å². The van der Waals surface area contributed by atoms with Crippen molar-refractivity contribution >= 4 is 0 Å². The second-order valence-electron chi connectivity index (χ2n) is 4.24. The van der Waals surface area contributed by atoms with Gasteiger partial charge in [-0.25, -0.2) is 0 Å². The maximum Gasteiger partial charge on any atom is 0.0666 e. The summed E-state index contributed by atoms with van der Waals surface area (Å²) in [4.78, 5) is 0. The predicted octanol–water partition coefficient (Wildman–Crippen LogP) is 1.98. The second kappa shape index (κ2) is 6.66. The van der Waals surface area contributed by atoms with Gasteiger partial charge < -0.3 is 10.1 Å². The first-order valence-electron chi connectivity index (χ1n) is 6.00. The third kappa shape index (κ3) is 4.33. The summed E-state index contributed by atoms with van der Waals surface area (Å²) in [7, 11) is 0. The van der Waals surface area contributed by atoms with Crippen LogP contribution in [0.3, 0.4) is 0 Å². The molecule has 0 bridgehead atoms. The molecule has 0 spiro atoms. The van der Waals surface area contributed by atoms with Gasteiger partial charge in [-0.3, -0.25) is 4.68 Å². The van der Waals surface area contributed by atoms with Crippen LogP contribution in [-0.4, -0.2) is 29.0 Å². The molecule has 1 unspecified atom stereocenters. The van der Waals surface area contributed by atoms with E-state index in [4.69, 9.17) is 4.74 Å². The fraction of sp³-hybridized carbons (Fsp3) is 0.750. The number of hydrogen-bond donors (Lipinski definition) is 1. The third-order valence-corrected chi connectivity index (χ3v) is 2.44. The Hall–Kier alpha value is -0.870. The first-order valence-corrected chi connectivity index (χ1v) is 6.00. The van der Waals surface area contributed by atoms with Crippen LogP contribution >= 0.6 is 0 Å². The van der Waals surface area contributed by atoms with Crippen LogP contribution in [0.2, 0.25) is 0 Å². The number of aromatic nitrogens is 2. The largest absolute Gasteiger partial charge is 0.377 e. The number of nitrogens with one attached hydrogen (secondary N) is 1. The number of nitrogens with zero attached hydrogens (tertiary/aromatic N) is 2. The van der Waals surface area contributed by atoms with E-state index in [9.17, 15) is 0 Å². The fourth-order valence-corrected chi connectivity index (χ4v) is 1.53. The van der Waals surface area contributed by atoms with Crippen molar-refractivity contribution in [2.45, 2.75) is 46.4 Å². The molecule has 4 heteroatoms. The summed E-state index contributed by atoms with van der Waals surface area (Å²) in [6.07, 6.45) is 4.29. The molecule has 1 heterocycles. The zero-order chi connectivity index (χ0) is 12.0. The summed E-state index contributed by atoms with van der Waals surface area (Å²) in [6.45, 7) is 10.9. The highest BCUT2D eigenvalue weighted by Gasteiger charge is 2.06. The van der Waals surface area contributed by atoms with Crippen molar-refractivity contribution in [2.24, 2.45) is 0 Å². The Morgan fingerprint density at radius 3 is 2.81 bits per heavy atom. The summed E-state index contributed by atoms with van der Waals surface area (Å²) < 4.78 is 7.42. The van der Waals surface area contributed by atoms with Crippen LogP contribution in [0.4, 0.5) is 0 Å². The fourth-order valence-electron chi connectivity index (χ4n) is 1.53. The maximum atomic E-state index is 5.49. The molecule has 1 aromatic heterocycles. The molecule has 0 aliphatic heterocycles. The summed E-state index contributed by atoms with van der Waals surface area (Å²) in [6, 6.07) is 0.366. The Morgan fingerprint density at radius 2 is 2.19 bits per heavy atom. The van der Waals surface area contributed by atoms with E-state index in [1.54, 1.807) is 0 Å². The average molecular weight is 225 g/mol. The van der Waals surface area contributed by atoms with Gasteiger partial charge in [0.2, 0.25) is 0 Å². The van der Waals surface area contributed by atoms with Gasteiger partial charge in [0.1, 0.15) is 0 Å². The third-order valence-electron chi connectivity index (χ3n) is 2.44. The van der Waals surface area contributed by atoms with Crippen LogP contribution in [0.5, 0.6) is 0 Å². The highest BCUT2D eigenvalue weighted by atomic mass is 16.5. The lowest BCUT2D eigenvalue weighted by molar-refractivity contribution is 0.0709. The molecule has 16 heavy (non-hydrogen) atoms. The molecule has 4 nitrogen and oxygen atoms in total. The Bertz CT molecular complexity index is 296. The predicted molar refractivity (Wildman–Crippen MR) is 65.4 cm³/mol. The lowest BCUT2D eigenvalue weighted by atomic mass is 10.2. The summed E-state index contributed by atoms with van der Waals surface area (Å²) >= 11 is 0. The molecule has 1 N–H and O–H groups in total. The van der Waals surface area contributed by atoms with Crippen molar-refractivity contribution < 1.29 is 4.74 Å². The van der Waals surface area contributed by atoms with Crippen molar-refractivity contribution in [2.75, 3.05) is 13.2 Å². The molecule has 0 aliphatic rings. The minimum absolute atomic E-state index is 0.288. The summed E-state index contributed by atoms with van der Waals surface area (Å²) in [5.41, 5.74) is 1.23. The van der Waals surface area contributed by atoms with Gasteiger partial charge in [0.15, 0.2) is 0 Å². The quantitative estimate of drug-likeness (QED) is 0.771. The second-order valence-corrected chi connectivity index (χ2v) is 4.24. The van der Waals surface area contributed by atoms with Gasteiger partial charge in [-0.05, 0) is 27.3 Å². The first kappa shape index (κ1) is 13.2. The SMILES string of the molecule is CCNC(C)c1cnn(CCOC(C)C)c1. The Labute approximate surface area is 98.0 Å². The summed E-state index contributed by atoms with van der Waals surface area (Å²) in [5, 5.41) is 7.68. The first-order chi connectivity index (χ1) is 7.63. The van der Waals surface area contributed by atoms with E-state index in [0.717, 1.165) is 13.1 Å². The smallest absolute Gasteiger partial charge is 0.0666 e. The molecular weight excluding hydrogens is 202 g/mol. The van der Waals surface area contributed by atoms with Gasteiger partial charge >= 0.3 is 0 Å². The zero-order valence-electron chi connectivity index (χ0n) is 10.7. The van der Waals surface area contributed by atoms with E-state index < -0.39 is 0 Å². The number of rotatable bonds is 7. The van der Waals surface area contributed by atoms with E-state index in [2.05, 4.69) is 30.5 Å². The molecule has 0 saturated heterocycles. The van der Waals surface area contributed by atoms with Crippen LogP contribution in [0.1, 0.15) is 39.3 Å². The standard InChI is InChI=1S/C12H23N3O/c1-5-13-11(4)12-8-14-15(9-12)6-7-16-10(2)3/h8-11,13H,5-7H2,1-4H3. The molecule has 0 amide bonds. The summed E-state index contributed by atoms with van der Waals surface area (Å²) in [5.74, 6) is 0. The highest BCUT2D eigenvalue weighted by molar-refractivity contribution is 5.08. The Kier molecular flexibility index (Phi) is 5.49. The molecule has 1 aromatic rings. The normalized spacial score (nSPS) is 13.3. The van der Waals surface area contributed by atoms with Gasteiger partial charge in [-0.2, -0.15) is 5.10 Å². The van der Waals surface area contributed by atoms with Crippen molar-refractivity contribution in [1.29, 1.82) is 0 Å². The molecule has 0 saturated carbocycles. The molecule has 92 valence electrons. The number of ether oxygens (including phenoxy) is 1. The van der Waals surface area contributed by atoms with E-state index in [-0.39, 0.29) is 6.10 Å². The molecule has 0 radical (unpaired) electrons. The van der Waals surface area contributed by atoms with E-state index >= 15 is 0 Å². The minimum Gasteiger partial charge on any atom is -0.377 e. The van der Waals surface area contributed by atoms with Crippen molar-refractivity contribution in [3.05, 3.63) is 18.0 Å². The van der Waals surface area contributed by atoms with Gasteiger partial charge in [0, 0.05) is 17.8 Å². The lowest BCUT2D eigenvalue weighted by Gasteiger charge is -2.09. The highest BCUT2D eigenvalue weighted by Crippen LogP contribution is 2.10. The van der Waals surface area contributed by atoms with Crippen LogP contribution < -0.4 is 5.32 Å². The van der Waals surface area contributed by atoms with Crippen LogP contribution in [-0.2, 0) is 11.3 Å². The lowest BCUT2D eigenvalue weighted by Crippen LogP contribution is -2.17. The molecule has 1 rings (SSSR count). The Morgan fingerprint density at radius 1 is 1.44 bits per heavy atom. The van der Waals surface area contributed by atoms with Gasteiger partial charge in [0.05, 0.1) is 25.5 Å². The topological polar surface area (TPSA) is 39.1 Å². The molecular formula is C12H23N3O. The zero-order valence-corrected chi connectivity index (χ0v) is 10.7. The average Bonchev–Trinajstić information content (AvgIpc) is 2.66. The van der Waals surface area contributed by atoms with Gasteiger partial charge in [-0.15, -0.1) is 0 Å². The minimum atomic E-state index is 0.288.